The maximum Gasteiger partial charge on any atom is 0.227 e. The lowest BCUT2D eigenvalue weighted by molar-refractivity contribution is -0.122. The first-order chi connectivity index (χ1) is 10.3. The molecule has 1 aromatic heterocycles. The Morgan fingerprint density at radius 1 is 1.14 bits per heavy atom. The minimum atomic E-state index is 0.0649. The minimum Gasteiger partial charge on any atom is -0.381 e. The van der Waals surface area contributed by atoms with E-state index in [1.165, 1.54) is 25.7 Å². The van der Waals surface area contributed by atoms with E-state index in [4.69, 9.17) is 4.74 Å². The fourth-order valence-corrected chi connectivity index (χ4v) is 3.04. The van der Waals surface area contributed by atoms with Crippen molar-refractivity contribution < 1.29 is 9.53 Å². The summed E-state index contributed by atoms with van der Waals surface area (Å²) in [6.07, 6.45) is 8.40. The molecule has 2 N–H and O–H groups in total. The number of anilines is 2. The third-order valence-electron chi connectivity index (χ3n) is 4.33. The molecule has 2 heterocycles. The van der Waals surface area contributed by atoms with Crippen LogP contribution in [0.5, 0.6) is 0 Å². The van der Waals surface area contributed by atoms with Crippen molar-refractivity contribution in [1.82, 2.24) is 4.98 Å². The van der Waals surface area contributed by atoms with Crippen LogP contribution in [0.3, 0.4) is 0 Å². The number of carbonyl (C=O) groups excluding carboxylic acids is 1. The zero-order valence-corrected chi connectivity index (χ0v) is 12.3. The second kappa shape index (κ2) is 6.89. The Hall–Kier alpha value is -1.62. The van der Waals surface area contributed by atoms with Crippen LogP contribution in [0.2, 0.25) is 0 Å². The molecule has 0 aromatic carbocycles. The lowest BCUT2D eigenvalue weighted by Crippen LogP contribution is -2.28. The van der Waals surface area contributed by atoms with Gasteiger partial charge in [-0.1, -0.05) is 12.8 Å². The number of hydrogen-bond acceptors (Lipinski definition) is 4. The highest BCUT2D eigenvalue weighted by atomic mass is 16.5. The summed E-state index contributed by atoms with van der Waals surface area (Å²) in [6, 6.07) is 4.42. The normalized spacial score (nSPS) is 20.4. The van der Waals surface area contributed by atoms with Gasteiger partial charge in [0.1, 0.15) is 5.82 Å². The van der Waals surface area contributed by atoms with Crippen molar-refractivity contribution in [2.75, 3.05) is 23.8 Å². The summed E-state index contributed by atoms with van der Waals surface area (Å²) in [5.74, 6) is 1.04. The van der Waals surface area contributed by atoms with Gasteiger partial charge < -0.3 is 15.4 Å². The Kier molecular flexibility index (Phi) is 4.70. The molecule has 2 aliphatic rings. The molecule has 5 heteroatoms. The number of aromatic nitrogens is 1. The zero-order valence-electron chi connectivity index (χ0n) is 12.3. The second-order valence-electron chi connectivity index (χ2n) is 5.93. The second-order valence-corrected chi connectivity index (χ2v) is 5.93. The highest BCUT2D eigenvalue weighted by molar-refractivity contribution is 5.92. The molecule has 21 heavy (non-hydrogen) atoms. The van der Waals surface area contributed by atoms with Crippen molar-refractivity contribution in [3.63, 3.8) is 0 Å². The van der Waals surface area contributed by atoms with E-state index in [0.717, 1.165) is 24.3 Å². The van der Waals surface area contributed by atoms with Crippen LogP contribution in [0.4, 0.5) is 11.5 Å². The molecule has 1 aliphatic carbocycles. The highest BCUT2D eigenvalue weighted by Crippen LogP contribution is 2.22. The van der Waals surface area contributed by atoms with E-state index in [2.05, 4.69) is 15.6 Å². The van der Waals surface area contributed by atoms with Gasteiger partial charge in [0.05, 0.1) is 11.9 Å². The molecule has 0 atom stereocenters. The van der Waals surface area contributed by atoms with Gasteiger partial charge in [0.2, 0.25) is 5.91 Å². The fraction of sp³-hybridized carbons (Fsp3) is 0.625. The monoisotopic (exact) mass is 289 g/mol. The molecule has 5 nitrogen and oxygen atoms in total. The zero-order chi connectivity index (χ0) is 14.5. The summed E-state index contributed by atoms with van der Waals surface area (Å²) >= 11 is 0. The molecule has 1 aromatic rings. The number of hydrogen-bond donors (Lipinski definition) is 2. The number of carbonyl (C=O) groups is 1. The maximum atomic E-state index is 12.1. The van der Waals surface area contributed by atoms with Crippen LogP contribution in [-0.2, 0) is 9.53 Å². The molecule has 1 saturated carbocycles. The first-order valence-electron chi connectivity index (χ1n) is 7.92. The largest absolute Gasteiger partial charge is 0.381 e. The Morgan fingerprint density at radius 2 is 1.90 bits per heavy atom. The van der Waals surface area contributed by atoms with Crippen molar-refractivity contribution in [2.45, 2.75) is 44.6 Å². The average Bonchev–Trinajstić information content (AvgIpc) is 3.03. The average molecular weight is 289 g/mol. The number of amides is 1. The Balaban J connectivity index is 1.52. The van der Waals surface area contributed by atoms with Gasteiger partial charge in [-0.15, -0.1) is 0 Å². The van der Waals surface area contributed by atoms with Crippen molar-refractivity contribution in [3.05, 3.63) is 18.3 Å². The van der Waals surface area contributed by atoms with E-state index in [1.807, 2.05) is 12.1 Å². The van der Waals surface area contributed by atoms with Gasteiger partial charge in [-0.25, -0.2) is 4.98 Å². The Labute approximate surface area is 125 Å². The van der Waals surface area contributed by atoms with Gasteiger partial charge in [-0.3, -0.25) is 4.79 Å². The van der Waals surface area contributed by atoms with Crippen molar-refractivity contribution >= 4 is 17.4 Å². The van der Waals surface area contributed by atoms with Gasteiger partial charge in [-0.2, -0.15) is 0 Å². The number of ether oxygens (including phenoxy) is 1. The molecule has 1 saturated heterocycles. The molecular weight excluding hydrogens is 266 g/mol. The van der Waals surface area contributed by atoms with Crippen LogP contribution < -0.4 is 10.6 Å². The number of nitrogens with one attached hydrogen (secondary N) is 2. The van der Waals surface area contributed by atoms with E-state index < -0.39 is 0 Å². The van der Waals surface area contributed by atoms with Crippen LogP contribution >= 0.6 is 0 Å². The maximum absolute atomic E-state index is 12.1. The molecule has 0 unspecified atom stereocenters. The number of pyridine rings is 1. The van der Waals surface area contributed by atoms with Crippen LogP contribution in [0.15, 0.2) is 18.3 Å². The predicted molar refractivity (Wildman–Crippen MR) is 82.3 cm³/mol. The fourth-order valence-electron chi connectivity index (χ4n) is 3.04. The van der Waals surface area contributed by atoms with Crippen LogP contribution in [0.25, 0.3) is 0 Å². The van der Waals surface area contributed by atoms with E-state index in [0.29, 0.717) is 19.3 Å². The van der Waals surface area contributed by atoms with E-state index in [-0.39, 0.29) is 11.8 Å². The lowest BCUT2D eigenvalue weighted by Gasteiger charge is -2.21. The molecule has 1 amide bonds. The van der Waals surface area contributed by atoms with Crippen molar-refractivity contribution in [1.29, 1.82) is 0 Å². The highest BCUT2D eigenvalue weighted by Gasteiger charge is 2.21. The van der Waals surface area contributed by atoms with E-state index >= 15 is 0 Å². The molecule has 1 aliphatic heterocycles. The number of rotatable bonds is 4. The third-order valence-corrected chi connectivity index (χ3v) is 4.33. The first-order valence-corrected chi connectivity index (χ1v) is 7.92. The summed E-state index contributed by atoms with van der Waals surface area (Å²) in [5, 5.41) is 6.39. The standard InChI is InChI=1S/C16H23N3O2/c20-16(12-7-9-21-10-8-12)19-14-5-6-15(17-11-14)18-13-3-1-2-4-13/h5-6,11-13H,1-4,7-10H2,(H,17,18)(H,19,20). The topological polar surface area (TPSA) is 63.2 Å². The van der Waals surface area contributed by atoms with Crippen molar-refractivity contribution in [2.24, 2.45) is 5.92 Å². The van der Waals surface area contributed by atoms with Crippen LogP contribution in [0.1, 0.15) is 38.5 Å². The van der Waals surface area contributed by atoms with Gasteiger partial charge in [-0.05, 0) is 37.8 Å². The summed E-state index contributed by atoms with van der Waals surface area (Å²) in [5.41, 5.74) is 0.767. The lowest BCUT2D eigenvalue weighted by atomic mass is 9.99. The molecule has 0 radical (unpaired) electrons. The van der Waals surface area contributed by atoms with Crippen LogP contribution in [-0.4, -0.2) is 30.1 Å². The molecule has 0 bridgehead atoms. The van der Waals surface area contributed by atoms with E-state index in [9.17, 15) is 4.79 Å². The molecular formula is C16H23N3O2. The molecule has 2 fully saturated rings. The molecule has 114 valence electrons. The van der Waals surface area contributed by atoms with Crippen molar-refractivity contribution in [3.8, 4) is 0 Å². The SMILES string of the molecule is O=C(Nc1ccc(NC2CCCC2)nc1)C1CCOCC1. The smallest absolute Gasteiger partial charge is 0.227 e. The third kappa shape index (κ3) is 3.94. The van der Waals surface area contributed by atoms with Gasteiger partial charge >= 0.3 is 0 Å². The van der Waals surface area contributed by atoms with Gasteiger partial charge in [0, 0.05) is 25.2 Å². The summed E-state index contributed by atoms with van der Waals surface area (Å²) in [6.45, 7) is 1.36. The Morgan fingerprint density at radius 3 is 2.57 bits per heavy atom. The minimum absolute atomic E-state index is 0.0649. The number of nitrogens with zero attached hydrogens (tertiary/aromatic N) is 1. The predicted octanol–water partition coefficient (Wildman–Crippen LogP) is 2.80. The summed E-state index contributed by atoms with van der Waals surface area (Å²) in [4.78, 5) is 16.5. The Bertz CT molecular complexity index is 463. The van der Waals surface area contributed by atoms with Gasteiger partial charge in [0.15, 0.2) is 0 Å². The summed E-state index contributed by atoms with van der Waals surface area (Å²) < 4.78 is 5.28. The first kappa shape index (κ1) is 14.3. The van der Waals surface area contributed by atoms with Gasteiger partial charge in [0.25, 0.3) is 0 Å². The van der Waals surface area contributed by atoms with Crippen LogP contribution in [0, 0.1) is 5.92 Å². The molecule has 3 rings (SSSR count). The summed E-state index contributed by atoms with van der Waals surface area (Å²) in [7, 11) is 0. The molecule has 0 spiro atoms. The van der Waals surface area contributed by atoms with E-state index in [1.54, 1.807) is 6.20 Å². The quantitative estimate of drug-likeness (QED) is 0.894.